The Kier molecular flexibility index (Phi) is 4.73. The van der Waals surface area contributed by atoms with Crippen molar-refractivity contribution in [2.24, 2.45) is 0 Å². The van der Waals surface area contributed by atoms with Gasteiger partial charge in [0.25, 0.3) is 5.56 Å². The third-order valence-electron chi connectivity index (χ3n) is 6.17. The zero-order chi connectivity index (χ0) is 22.6. The van der Waals surface area contributed by atoms with Crippen molar-refractivity contribution in [3.8, 4) is 11.1 Å². The summed E-state index contributed by atoms with van der Waals surface area (Å²) in [7, 11) is 0. The van der Waals surface area contributed by atoms with E-state index in [1.165, 1.54) is 28.9 Å². The lowest BCUT2D eigenvalue weighted by Crippen LogP contribution is -2.33. The van der Waals surface area contributed by atoms with Gasteiger partial charge in [-0.15, -0.1) is 5.10 Å². The highest BCUT2D eigenvalue weighted by molar-refractivity contribution is 5.68. The van der Waals surface area contributed by atoms with Gasteiger partial charge in [0, 0.05) is 60.4 Å². The topological polar surface area (TPSA) is 63.4 Å². The number of halogens is 2. The van der Waals surface area contributed by atoms with Crippen molar-refractivity contribution in [3.63, 3.8) is 0 Å². The van der Waals surface area contributed by atoms with Crippen LogP contribution in [0.5, 0.6) is 0 Å². The van der Waals surface area contributed by atoms with E-state index in [0.29, 0.717) is 36.3 Å². The maximum Gasteiger partial charge on any atom is 0.274 e. The van der Waals surface area contributed by atoms with Crippen molar-refractivity contribution in [3.05, 3.63) is 86.6 Å². The van der Waals surface area contributed by atoms with E-state index < -0.39 is 11.6 Å². The van der Waals surface area contributed by atoms with Crippen LogP contribution in [-0.4, -0.2) is 26.1 Å². The highest BCUT2D eigenvalue weighted by Gasteiger charge is 2.23. The number of fused-ring (bicyclic) bond motifs is 2. The molecular weight excluding hydrogens is 412 g/mol. The maximum atomic E-state index is 13.9. The fraction of sp³-hybridized carbons (Fsp3) is 0.250. The Hall–Kier alpha value is -3.68. The molecule has 0 unspecified atom stereocenters. The van der Waals surface area contributed by atoms with Crippen LogP contribution in [0.25, 0.3) is 16.8 Å². The second-order valence-corrected chi connectivity index (χ2v) is 8.17. The van der Waals surface area contributed by atoms with Gasteiger partial charge in [-0.25, -0.2) is 13.8 Å². The van der Waals surface area contributed by atoms with Gasteiger partial charge in [-0.05, 0) is 55.7 Å². The lowest BCUT2D eigenvalue weighted by Gasteiger charge is -2.31. The first-order valence-corrected chi connectivity index (χ1v) is 10.4. The van der Waals surface area contributed by atoms with Crippen LogP contribution in [-0.2, 0) is 13.0 Å². The van der Waals surface area contributed by atoms with Gasteiger partial charge in [0.15, 0.2) is 23.1 Å². The summed E-state index contributed by atoms with van der Waals surface area (Å²) in [6.45, 7) is 6.92. The number of aromatic nitrogens is 4. The molecule has 0 saturated heterocycles. The minimum absolute atomic E-state index is 0.227. The molecule has 0 fully saturated rings. The molecule has 0 atom stereocenters. The molecule has 162 valence electrons. The molecule has 0 amide bonds. The van der Waals surface area contributed by atoms with Gasteiger partial charge in [-0.3, -0.25) is 9.78 Å². The van der Waals surface area contributed by atoms with Gasteiger partial charge in [-0.1, -0.05) is 0 Å². The standard InChI is InChI=1S/C24H21F2N5O/c1-13-8-19(25)20(26)10-18(13)16-9-17-12-30(7-5-21(17)28-11-16)24-15(3)14(2)23-27-6-4-22(32)31(23)29-24/h4,6,8-11H,5,7,12H2,1-3H3. The van der Waals surface area contributed by atoms with Gasteiger partial charge in [-0.2, -0.15) is 4.52 Å². The number of hydrogen-bond acceptors (Lipinski definition) is 5. The smallest absolute Gasteiger partial charge is 0.274 e. The third-order valence-corrected chi connectivity index (χ3v) is 6.17. The minimum Gasteiger partial charge on any atom is -0.350 e. The second kappa shape index (κ2) is 7.47. The van der Waals surface area contributed by atoms with Crippen LogP contribution < -0.4 is 10.5 Å². The monoisotopic (exact) mass is 433 g/mol. The van der Waals surface area contributed by atoms with Crippen LogP contribution in [0.1, 0.15) is 27.9 Å². The summed E-state index contributed by atoms with van der Waals surface area (Å²) in [4.78, 5) is 23.4. The molecule has 1 aliphatic heterocycles. The molecule has 8 heteroatoms. The molecule has 6 nitrogen and oxygen atoms in total. The molecule has 4 heterocycles. The average molecular weight is 433 g/mol. The molecule has 0 aliphatic carbocycles. The van der Waals surface area contributed by atoms with Gasteiger partial charge in [0.1, 0.15) is 0 Å². The quantitative estimate of drug-likeness (QED) is 0.480. The van der Waals surface area contributed by atoms with Crippen molar-refractivity contribution >= 4 is 11.5 Å². The molecule has 5 rings (SSSR count). The van der Waals surface area contributed by atoms with Crippen molar-refractivity contribution in [1.29, 1.82) is 0 Å². The minimum atomic E-state index is -0.879. The zero-order valence-electron chi connectivity index (χ0n) is 18.0. The van der Waals surface area contributed by atoms with Crippen LogP contribution in [0, 0.1) is 32.4 Å². The number of benzene rings is 1. The van der Waals surface area contributed by atoms with E-state index in [2.05, 4.69) is 20.0 Å². The summed E-state index contributed by atoms with van der Waals surface area (Å²) in [6.07, 6.45) is 3.92. The summed E-state index contributed by atoms with van der Waals surface area (Å²) in [5.74, 6) is -1.01. The van der Waals surface area contributed by atoms with Gasteiger partial charge in [0.2, 0.25) is 0 Å². The first-order chi connectivity index (χ1) is 15.3. The average Bonchev–Trinajstić information content (AvgIpc) is 2.78. The van der Waals surface area contributed by atoms with Crippen molar-refractivity contribution in [2.45, 2.75) is 33.7 Å². The Bertz CT molecular complexity index is 1450. The zero-order valence-corrected chi connectivity index (χ0v) is 18.0. The molecule has 4 aromatic rings. The van der Waals surface area contributed by atoms with Crippen LogP contribution in [0.2, 0.25) is 0 Å². The summed E-state index contributed by atoms with van der Waals surface area (Å²) in [5.41, 5.74) is 6.16. The van der Waals surface area contributed by atoms with E-state index >= 15 is 0 Å². The molecule has 0 bridgehead atoms. The lowest BCUT2D eigenvalue weighted by molar-refractivity contribution is 0.508. The molecule has 1 aliphatic rings. The first kappa shape index (κ1) is 20.2. The summed E-state index contributed by atoms with van der Waals surface area (Å²) < 4.78 is 28.8. The van der Waals surface area contributed by atoms with Crippen LogP contribution in [0.3, 0.4) is 0 Å². The predicted octanol–water partition coefficient (Wildman–Crippen LogP) is 3.92. The van der Waals surface area contributed by atoms with E-state index in [9.17, 15) is 13.6 Å². The van der Waals surface area contributed by atoms with Crippen molar-refractivity contribution < 1.29 is 8.78 Å². The number of rotatable bonds is 2. The van der Waals surface area contributed by atoms with Crippen molar-refractivity contribution in [2.75, 3.05) is 11.4 Å². The fourth-order valence-electron chi connectivity index (χ4n) is 4.27. The molecule has 0 N–H and O–H groups in total. The van der Waals surface area contributed by atoms with Crippen molar-refractivity contribution in [1.82, 2.24) is 19.6 Å². The van der Waals surface area contributed by atoms with E-state index in [1.54, 1.807) is 13.1 Å². The molecule has 3 aromatic heterocycles. The largest absolute Gasteiger partial charge is 0.350 e. The van der Waals surface area contributed by atoms with Crippen LogP contribution >= 0.6 is 0 Å². The molecule has 0 saturated carbocycles. The van der Waals surface area contributed by atoms with E-state index in [4.69, 9.17) is 0 Å². The third kappa shape index (κ3) is 3.23. The van der Waals surface area contributed by atoms with Gasteiger partial charge < -0.3 is 4.90 Å². The van der Waals surface area contributed by atoms with E-state index in [0.717, 1.165) is 33.8 Å². The van der Waals surface area contributed by atoms with Gasteiger partial charge >= 0.3 is 0 Å². The Morgan fingerprint density at radius 2 is 1.78 bits per heavy atom. The molecule has 1 aromatic carbocycles. The number of hydrogen-bond donors (Lipinski definition) is 0. The predicted molar refractivity (Wildman–Crippen MR) is 118 cm³/mol. The molecular formula is C24H21F2N5O. The fourth-order valence-corrected chi connectivity index (χ4v) is 4.27. The highest BCUT2D eigenvalue weighted by atomic mass is 19.2. The van der Waals surface area contributed by atoms with E-state index in [1.807, 2.05) is 19.9 Å². The Morgan fingerprint density at radius 3 is 2.59 bits per heavy atom. The van der Waals surface area contributed by atoms with E-state index in [-0.39, 0.29) is 5.56 Å². The second-order valence-electron chi connectivity index (χ2n) is 8.17. The highest BCUT2D eigenvalue weighted by Crippen LogP contribution is 2.31. The Morgan fingerprint density at radius 1 is 1.00 bits per heavy atom. The maximum absolute atomic E-state index is 13.9. The number of anilines is 1. The molecule has 32 heavy (non-hydrogen) atoms. The van der Waals surface area contributed by atoms with Crippen LogP contribution in [0.15, 0.2) is 41.5 Å². The number of aryl methyl sites for hydroxylation is 2. The number of nitrogens with zero attached hydrogens (tertiary/aromatic N) is 5. The SMILES string of the molecule is Cc1cc(F)c(F)cc1-c1cnc2c(c1)CN(c1nn3c(=O)ccnc3c(C)c1C)CC2. The number of pyridine rings is 1. The first-order valence-electron chi connectivity index (χ1n) is 10.4. The lowest BCUT2D eigenvalue weighted by atomic mass is 9.97. The summed E-state index contributed by atoms with van der Waals surface area (Å²) >= 11 is 0. The Balaban J connectivity index is 1.56. The van der Waals surface area contributed by atoms with Crippen LogP contribution in [0.4, 0.5) is 14.6 Å². The van der Waals surface area contributed by atoms with Gasteiger partial charge in [0.05, 0.1) is 0 Å². The normalized spacial score (nSPS) is 13.5. The summed E-state index contributed by atoms with van der Waals surface area (Å²) in [5, 5.41) is 4.60. The molecule has 0 radical (unpaired) electrons. The Labute approximate surface area is 183 Å². The summed E-state index contributed by atoms with van der Waals surface area (Å²) in [6, 6.07) is 5.79. The molecule has 0 spiro atoms.